The highest BCUT2D eigenvalue weighted by atomic mass is 35.5. The van der Waals surface area contributed by atoms with Crippen LogP contribution in [0.5, 0.6) is 5.75 Å². The highest BCUT2D eigenvalue weighted by Gasteiger charge is 2.31. The number of anilines is 1. The highest BCUT2D eigenvalue weighted by molar-refractivity contribution is 7.92. The highest BCUT2D eigenvalue weighted by Crippen LogP contribution is 2.30. The molecule has 0 saturated carbocycles. The molecule has 0 bridgehead atoms. The number of nitrogens with one attached hydrogen (secondary N) is 1. The number of sulfonamides is 1. The first-order valence-electron chi connectivity index (χ1n) is 14.0. The number of hydrogen-bond donors (Lipinski definition) is 1. The summed E-state index contributed by atoms with van der Waals surface area (Å²) in [5.74, 6) is 0.153. The number of amides is 2. The largest absolute Gasteiger partial charge is 0.495 e. The van der Waals surface area contributed by atoms with Crippen LogP contribution in [0.2, 0.25) is 5.02 Å². The average Bonchev–Trinajstić information content (AvgIpc) is 2.95. The molecule has 0 saturated heterocycles. The molecule has 0 aliphatic carbocycles. The van der Waals surface area contributed by atoms with Crippen molar-refractivity contribution in [1.29, 1.82) is 0 Å². The number of nitrogens with zero attached hydrogens (tertiary/aromatic N) is 2. The van der Waals surface area contributed by atoms with Crippen molar-refractivity contribution in [3.8, 4) is 5.75 Å². The summed E-state index contributed by atoms with van der Waals surface area (Å²) in [5.41, 5.74) is 2.11. The Morgan fingerprint density at radius 1 is 0.952 bits per heavy atom. The van der Waals surface area contributed by atoms with Gasteiger partial charge in [0, 0.05) is 37.5 Å². The predicted molar refractivity (Wildman–Crippen MR) is 168 cm³/mol. The van der Waals surface area contributed by atoms with Gasteiger partial charge >= 0.3 is 0 Å². The third-order valence-corrected chi connectivity index (χ3v) is 8.12. The van der Waals surface area contributed by atoms with E-state index in [0.29, 0.717) is 29.4 Å². The molecule has 0 radical (unpaired) electrons. The number of hydrogen-bond acceptors (Lipinski definition) is 5. The number of para-hydroxylation sites is 2. The zero-order valence-corrected chi connectivity index (χ0v) is 26.2. The number of rotatable bonds is 15. The smallest absolute Gasteiger partial charge is 0.243 e. The van der Waals surface area contributed by atoms with Crippen molar-refractivity contribution in [3.63, 3.8) is 0 Å². The minimum atomic E-state index is -3.66. The van der Waals surface area contributed by atoms with Gasteiger partial charge in [-0.3, -0.25) is 13.9 Å². The van der Waals surface area contributed by atoms with Crippen molar-refractivity contribution in [3.05, 3.63) is 95.0 Å². The minimum absolute atomic E-state index is 0.0322. The molecule has 0 fully saturated rings. The third-order valence-electron chi connectivity index (χ3n) is 6.70. The van der Waals surface area contributed by atoms with Gasteiger partial charge in [-0.05, 0) is 47.7 Å². The Bertz CT molecular complexity index is 1430. The molecule has 0 aliphatic heterocycles. The van der Waals surface area contributed by atoms with Crippen molar-refractivity contribution < 1.29 is 22.7 Å². The van der Waals surface area contributed by atoms with E-state index in [9.17, 15) is 18.0 Å². The summed E-state index contributed by atoms with van der Waals surface area (Å²) in [6.07, 6.45) is 1.72. The Balaban J connectivity index is 1.90. The first kappa shape index (κ1) is 32.9. The van der Waals surface area contributed by atoms with Crippen LogP contribution in [0.1, 0.15) is 37.8 Å². The molecule has 8 nitrogen and oxygen atoms in total. The van der Waals surface area contributed by atoms with E-state index >= 15 is 0 Å². The maximum Gasteiger partial charge on any atom is 0.243 e. The molecule has 3 aromatic carbocycles. The number of benzene rings is 3. The van der Waals surface area contributed by atoms with E-state index in [1.54, 1.807) is 41.3 Å². The lowest BCUT2D eigenvalue weighted by Gasteiger charge is -2.32. The van der Waals surface area contributed by atoms with E-state index in [4.69, 9.17) is 16.3 Å². The molecule has 1 atom stereocenters. The van der Waals surface area contributed by atoms with Crippen LogP contribution < -0.4 is 14.4 Å². The molecule has 3 rings (SSSR count). The van der Waals surface area contributed by atoms with Gasteiger partial charge in [-0.15, -0.1) is 0 Å². The second kappa shape index (κ2) is 15.6. The van der Waals surface area contributed by atoms with Crippen LogP contribution in [-0.2, 0) is 32.6 Å². The maximum absolute atomic E-state index is 13.9. The Morgan fingerprint density at radius 2 is 1.62 bits per heavy atom. The quantitative estimate of drug-likeness (QED) is 0.251. The molecule has 0 spiro atoms. The summed E-state index contributed by atoms with van der Waals surface area (Å²) >= 11 is 6.25. The predicted octanol–water partition coefficient (Wildman–Crippen LogP) is 5.31. The lowest BCUT2D eigenvalue weighted by Crippen LogP contribution is -2.51. The summed E-state index contributed by atoms with van der Waals surface area (Å²) in [5, 5.41) is 3.53. The van der Waals surface area contributed by atoms with Crippen molar-refractivity contribution in [1.82, 2.24) is 10.2 Å². The van der Waals surface area contributed by atoms with Crippen molar-refractivity contribution in [2.45, 2.75) is 45.7 Å². The molecule has 1 N–H and O–H groups in total. The van der Waals surface area contributed by atoms with Gasteiger partial charge < -0.3 is 15.0 Å². The Hall–Kier alpha value is -3.56. The van der Waals surface area contributed by atoms with Crippen LogP contribution in [0.4, 0.5) is 5.69 Å². The van der Waals surface area contributed by atoms with Crippen molar-refractivity contribution in [2.75, 3.05) is 30.8 Å². The number of ether oxygens (including phenoxy) is 1. The normalized spacial score (nSPS) is 12.0. The van der Waals surface area contributed by atoms with E-state index in [1.165, 1.54) is 11.4 Å². The van der Waals surface area contributed by atoms with Gasteiger partial charge in [0.25, 0.3) is 0 Å². The second-order valence-electron chi connectivity index (χ2n) is 10.6. The molecular formula is C32H40ClN3O5S. The third kappa shape index (κ3) is 9.77. The molecule has 42 heavy (non-hydrogen) atoms. The van der Waals surface area contributed by atoms with Crippen molar-refractivity contribution >= 4 is 39.1 Å². The van der Waals surface area contributed by atoms with Crippen LogP contribution in [0.25, 0.3) is 0 Å². The van der Waals surface area contributed by atoms with Gasteiger partial charge in [0.15, 0.2) is 0 Å². The van der Waals surface area contributed by atoms with Crippen LogP contribution >= 0.6 is 11.6 Å². The van der Waals surface area contributed by atoms with E-state index in [-0.39, 0.29) is 43.7 Å². The molecule has 0 aromatic heterocycles. The molecule has 0 heterocycles. The maximum atomic E-state index is 13.9. The lowest BCUT2D eigenvalue weighted by atomic mass is 10.0. The van der Waals surface area contributed by atoms with Gasteiger partial charge in [-0.2, -0.15) is 0 Å². The van der Waals surface area contributed by atoms with E-state index in [1.807, 2.05) is 56.3 Å². The second-order valence-corrected chi connectivity index (χ2v) is 12.9. The summed E-state index contributed by atoms with van der Waals surface area (Å²) in [6.45, 7) is 4.74. The summed E-state index contributed by atoms with van der Waals surface area (Å²) < 4.78 is 32.1. The number of carbonyl (C=O) groups excluding carboxylic acids is 2. The average molecular weight is 614 g/mol. The fraction of sp³-hybridized carbons (Fsp3) is 0.375. The van der Waals surface area contributed by atoms with Gasteiger partial charge in [0.2, 0.25) is 21.8 Å². The molecule has 1 unspecified atom stereocenters. The zero-order valence-electron chi connectivity index (χ0n) is 24.6. The Morgan fingerprint density at radius 3 is 2.26 bits per heavy atom. The van der Waals surface area contributed by atoms with E-state index < -0.39 is 16.1 Å². The topological polar surface area (TPSA) is 96.0 Å². The molecule has 226 valence electrons. The molecule has 0 aliphatic rings. The number of halogens is 1. The Labute approximate surface area is 254 Å². The summed E-state index contributed by atoms with van der Waals surface area (Å²) in [4.78, 5) is 29.1. The number of carbonyl (C=O) groups is 2. The molecule has 10 heteroatoms. The first-order chi connectivity index (χ1) is 20.0. The van der Waals surface area contributed by atoms with Gasteiger partial charge in [-0.25, -0.2) is 8.42 Å². The zero-order chi connectivity index (χ0) is 30.7. The molecule has 3 aromatic rings. The van der Waals surface area contributed by atoms with Crippen molar-refractivity contribution in [2.24, 2.45) is 5.92 Å². The fourth-order valence-corrected chi connectivity index (χ4v) is 5.81. The standard InChI is InChI=1S/C32H40ClN3O5S/c1-24(2)22-34-32(38)29(21-25-12-6-5-7-13-25)35(23-26-14-10-15-27(33)20-26)31(37)18-11-19-36(42(4,39)40)28-16-8-9-17-30(28)41-3/h5-10,12-17,20,24,29H,11,18-19,21-23H2,1-4H3,(H,34,38). The number of methoxy groups -OCH3 is 1. The first-order valence-corrected chi connectivity index (χ1v) is 16.2. The summed E-state index contributed by atoms with van der Waals surface area (Å²) in [7, 11) is -2.18. The van der Waals surface area contributed by atoms with Crippen LogP contribution in [-0.4, -0.2) is 57.6 Å². The minimum Gasteiger partial charge on any atom is -0.495 e. The molecule has 2 amide bonds. The van der Waals surface area contributed by atoms with Gasteiger partial charge in [0.05, 0.1) is 19.1 Å². The molecular weight excluding hydrogens is 574 g/mol. The van der Waals surface area contributed by atoms with E-state index in [2.05, 4.69) is 5.32 Å². The van der Waals surface area contributed by atoms with Gasteiger partial charge in [0.1, 0.15) is 11.8 Å². The Kier molecular flexibility index (Phi) is 12.2. The lowest BCUT2D eigenvalue weighted by molar-refractivity contribution is -0.141. The summed E-state index contributed by atoms with van der Waals surface area (Å²) in [6, 6.07) is 22.9. The van der Waals surface area contributed by atoms with Crippen LogP contribution in [0.15, 0.2) is 78.9 Å². The van der Waals surface area contributed by atoms with E-state index in [0.717, 1.165) is 17.4 Å². The fourth-order valence-electron chi connectivity index (χ4n) is 4.63. The monoisotopic (exact) mass is 613 g/mol. The SMILES string of the molecule is COc1ccccc1N(CCCC(=O)N(Cc1cccc(Cl)c1)C(Cc1ccccc1)C(=O)NCC(C)C)S(C)(=O)=O. The van der Waals surface area contributed by atoms with Gasteiger partial charge in [-0.1, -0.05) is 80.0 Å². The van der Waals surface area contributed by atoms with Crippen LogP contribution in [0.3, 0.4) is 0 Å². The van der Waals surface area contributed by atoms with Crippen LogP contribution in [0, 0.1) is 5.92 Å².